The molecule has 1 atom stereocenters. The minimum absolute atomic E-state index is 0.0803. The van der Waals surface area contributed by atoms with Crippen LogP contribution in [0.2, 0.25) is 0 Å². The summed E-state index contributed by atoms with van der Waals surface area (Å²) in [6.45, 7) is 3.43. The highest BCUT2D eigenvalue weighted by Crippen LogP contribution is 2.30. The maximum absolute atomic E-state index is 13.3. The van der Waals surface area contributed by atoms with Gasteiger partial charge in [-0.3, -0.25) is 9.78 Å². The largest absolute Gasteiger partial charge is 0.338 e. The fraction of sp³-hybridized carbons (Fsp3) is 0.250. The van der Waals surface area contributed by atoms with Gasteiger partial charge in [0.1, 0.15) is 5.82 Å². The number of carbonyl (C=O) groups excluding carboxylic acids is 1. The average molecular weight is 374 g/mol. The van der Waals surface area contributed by atoms with Gasteiger partial charge in [0, 0.05) is 36.0 Å². The van der Waals surface area contributed by atoms with E-state index in [4.69, 9.17) is 4.98 Å². The summed E-state index contributed by atoms with van der Waals surface area (Å²) in [5.74, 6) is 0.0503. The summed E-state index contributed by atoms with van der Waals surface area (Å²) in [4.78, 5) is 19.5. The van der Waals surface area contributed by atoms with Crippen LogP contribution in [0, 0.1) is 12.7 Å². The Bertz CT molecular complexity index is 970. The molecule has 4 rings (SSSR count). The van der Waals surface area contributed by atoms with E-state index in [2.05, 4.69) is 6.07 Å². The minimum atomic E-state index is -0.239. The predicted octanol–water partition coefficient (Wildman–Crippen LogP) is 5.22. The molecule has 0 bridgehead atoms. The zero-order valence-corrected chi connectivity index (χ0v) is 15.9. The molecule has 3 nitrogen and oxygen atoms in total. The number of benzene rings is 2. The van der Waals surface area contributed by atoms with Gasteiger partial charge in [-0.2, -0.15) is 0 Å². The van der Waals surface area contributed by atoms with Crippen molar-refractivity contribution in [1.82, 2.24) is 9.88 Å². The third kappa shape index (κ3) is 3.96. The van der Waals surface area contributed by atoms with Gasteiger partial charge in [-0.1, -0.05) is 30.3 Å². The number of aryl methyl sites for hydroxylation is 1. The van der Waals surface area contributed by atoms with Crippen molar-refractivity contribution in [3.63, 3.8) is 0 Å². The Hall–Kier alpha value is -3.01. The Morgan fingerprint density at radius 3 is 2.54 bits per heavy atom. The van der Waals surface area contributed by atoms with E-state index in [1.165, 1.54) is 12.1 Å². The Labute approximate surface area is 164 Å². The zero-order chi connectivity index (χ0) is 19.5. The first-order chi connectivity index (χ1) is 13.6. The first-order valence-corrected chi connectivity index (χ1v) is 9.69. The molecule has 4 heteroatoms. The van der Waals surface area contributed by atoms with Crippen molar-refractivity contribution < 1.29 is 9.18 Å². The topological polar surface area (TPSA) is 33.2 Å². The zero-order valence-electron chi connectivity index (χ0n) is 15.9. The highest BCUT2D eigenvalue weighted by Gasteiger charge is 2.26. The maximum Gasteiger partial charge on any atom is 0.253 e. The van der Waals surface area contributed by atoms with Gasteiger partial charge in [-0.05, 0) is 67.3 Å². The minimum Gasteiger partial charge on any atom is -0.338 e. The fourth-order valence-corrected chi connectivity index (χ4v) is 3.88. The molecule has 142 valence electrons. The fourth-order valence-electron chi connectivity index (χ4n) is 3.88. The predicted molar refractivity (Wildman–Crippen MR) is 109 cm³/mol. The van der Waals surface area contributed by atoms with E-state index in [0.29, 0.717) is 6.54 Å². The first-order valence-electron chi connectivity index (χ1n) is 9.69. The number of halogens is 1. The molecule has 1 aromatic heterocycles. The van der Waals surface area contributed by atoms with Gasteiger partial charge in [0.15, 0.2) is 0 Å². The van der Waals surface area contributed by atoms with Crippen LogP contribution in [0.5, 0.6) is 0 Å². The molecule has 3 aromatic rings. The van der Waals surface area contributed by atoms with E-state index in [9.17, 15) is 9.18 Å². The molecule has 1 aliphatic rings. The smallest absolute Gasteiger partial charge is 0.253 e. The third-order valence-corrected chi connectivity index (χ3v) is 5.30. The molecular weight excluding hydrogens is 351 g/mol. The van der Waals surface area contributed by atoms with Gasteiger partial charge in [0.25, 0.3) is 5.91 Å². The van der Waals surface area contributed by atoms with Gasteiger partial charge in [-0.15, -0.1) is 0 Å². The van der Waals surface area contributed by atoms with E-state index in [1.54, 1.807) is 12.1 Å². The van der Waals surface area contributed by atoms with E-state index in [-0.39, 0.29) is 17.6 Å². The number of amides is 1. The summed E-state index contributed by atoms with van der Waals surface area (Å²) in [6.07, 6.45) is 1.97. The van der Waals surface area contributed by atoms with E-state index in [1.807, 2.05) is 48.2 Å². The summed E-state index contributed by atoms with van der Waals surface area (Å²) in [7, 11) is 0. The molecule has 0 radical (unpaired) electrons. The van der Waals surface area contributed by atoms with Gasteiger partial charge >= 0.3 is 0 Å². The normalized spacial score (nSPS) is 16.8. The molecule has 1 amide bonds. The number of hydrogen-bond acceptors (Lipinski definition) is 2. The van der Waals surface area contributed by atoms with Crippen LogP contribution in [0.25, 0.3) is 11.1 Å². The molecule has 2 heterocycles. The van der Waals surface area contributed by atoms with Crippen LogP contribution in [-0.4, -0.2) is 28.9 Å². The molecule has 2 aromatic carbocycles. The highest BCUT2D eigenvalue weighted by atomic mass is 19.1. The molecule has 0 unspecified atom stereocenters. The number of piperidine rings is 1. The molecule has 1 saturated heterocycles. The lowest BCUT2D eigenvalue weighted by atomic mass is 9.92. The molecular formula is C24H23FN2O. The molecule has 1 aliphatic heterocycles. The van der Waals surface area contributed by atoms with Crippen molar-refractivity contribution >= 4 is 5.91 Å². The van der Waals surface area contributed by atoms with Crippen molar-refractivity contribution in [2.24, 2.45) is 0 Å². The number of aromatic nitrogens is 1. The molecule has 0 aliphatic carbocycles. The SMILES string of the molecule is Cc1cc(-c2ccc(F)cc2)cc([C@@H]2CCCN(C(=O)c3ccccc3)C2)n1. The number of hydrogen-bond donors (Lipinski definition) is 0. The van der Waals surface area contributed by atoms with Crippen LogP contribution in [0.3, 0.4) is 0 Å². The van der Waals surface area contributed by atoms with Crippen molar-refractivity contribution in [1.29, 1.82) is 0 Å². The second-order valence-corrected chi connectivity index (χ2v) is 7.39. The van der Waals surface area contributed by atoms with Crippen LogP contribution in [0.4, 0.5) is 4.39 Å². The number of pyridine rings is 1. The molecule has 1 fully saturated rings. The highest BCUT2D eigenvalue weighted by molar-refractivity contribution is 5.94. The van der Waals surface area contributed by atoms with E-state index >= 15 is 0 Å². The molecule has 0 spiro atoms. The summed E-state index contributed by atoms with van der Waals surface area (Å²) in [5, 5.41) is 0. The van der Waals surface area contributed by atoms with Crippen LogP contribution < -0.4 is 0 Å². The molecule has 0 saturated carbocycles. The lowest BCUT2D eigenvalue weighted by molar-refractivity contribution is 0.0706. The second kappa shape index (κ2) is 7.93. The van der Waals surface area contributed by atoms with Crippen LogP contribution in [-0.2, 0) is 0 Å². The Kier molecular flexibility index (Phi) is 5.20. The number of rotatable bonds is 3. The van der Waals surface area contributed by atoms with Gasteiger partial charge < -0.3 is 4.90 Å². The summed E-state index contributed by atoms with van der Waals surface area (Å²) >= 11 is 0. The second-order valence-electron chi connectivity index (χ2n) is 7.39. The Morgan fingerprint density at radius 2 is 1.79 bits per heavy atom. The van der Waals surface area contributed by atoms with E-state index < -0.39 is 0 Å². The van der Waals surface area contributed by atoms with Crippen LogP contribution in [0.15, 0.2) is 66.7 Å². The van der Waals surface area contributed by atoms with Crippen LogP contribution >= 0.6 is 0 Å². The Balaban J connectivity index is 1.58. The van der Waals surface area contributed by atoms with Crippen molar-refractivity contribution in [3.05, 3.63) is 89.5 Å². The van der Waals surface area contributed by atoms with Gasteiger partial charge in [-0.25, -0.2) is 4.39 Å². The number of carbonyl (C=O) groups is 1. The van der Waals surface area contributed by atoms with Crippen molar-refractivity contribution in [2.75, 3.05) is 13.1 Å². The lowest BCUT2D eigenvalue weighted by Crippen LogP contribution is -2.39. The lowest BCUT2D eigenvalue weighted by Gasteiger charge is -2.33. The van der Waals surface area contributed by atoms with Gasteiger partial charge in [0.05, 0.1) is 0 Å². The maximum atomic E-state index is 13.3. The van der Waals surface area contributed by atoms with Crippen LogP contribution in [0.1, 0.15) is 40.5 Å². The average Bonchev–Trinajstić information content (AvgIpc) is 2.74. The quantitative estimate of drug-likeness (QED) is 0.630. The van der Waals surface area contributed by atoms with Gasteiger partial charge in [0.2, 0.25) is 0 Å². The summed E-state index contributed by atoms with van der Waals surface area (Å²) < 4.78 is 13.3. The Morgan fingerprint density at radius 1 is 1.04 bits per heavy atom. The summed E-state index contributed by atoms with van der Waals surface area (Å²) in [6, 6.07) is 20.1. The third-order valence-electron chi connectivity index (χ3n) is 5.30. The van der Waals surface area contributed by atoms with Crippen molar-refractivity contribution in [2.45, 2.75) is 25.7 Å². The van der Waals surface area contributed by atoms with Crippen molar-refractivity contribution in [3.8, 4) is 11.1 Å². The number of likely N-dealkylation sites (tertiary alicyclic amines) is 1. The van der Waals surface area contributed by atoms with E-state index in [0.717, 1.165) is 47.5 Å². The summed E-state index contributed by atoms with van der Waals surface area (Å²) in [5.41, 5.74) is 4.68. The molecule has 28 heavy (non-hydrogen) atoms. The first kappa shape index (κ1) is 18.4. The molecule has 0 N–H and O–H groups in total. The number of nitrogens with zero attached hydrogens (tertiary/aromatic N) is 2. The monoisotopic (exact) mass is 374 g/mol. The standard InChI is InChI=1S/C24H23FN2O/c1-17-14-21(18-9-11-22(25)12-10-18)15-23(26-17)20-8-5-13-27(16-20)24(28)19-6-3-2-4-7-19/h2-4,6-7,9-12,14-15,20H,5,8,13,16H2,1H3/t20-/m1/s1.